The molecule has 2 heterocycles. The highest BCUT2D eigenvalue weighted by Crippen LogP contribution is 2.52. The maximum atomic E-state index is 15.8. The fraction of sp³-hybridized carbons (Fsp3) is 0.739. The van der Waals surface area contributed by atoms with E-state index >= 15 is 4.39 Å². The van der Waals surface area contributed by atoms with Gasteiger partial charge in [-0.05, 0) is 48.5 Å². The van der Waals surface area contributed by atoms with Crippen molar-refractivity contribution in [2.24, 2.45) is 10.8 Å². The minimum Gasteiger partial charge on any atom is -0.437 e. The van der Waals surface area contributed by atoms with Crippen molar-refractivity contribution in [2.45, 2.75) is 72.6 Å². The SMILES string of the molecule is Cc1cn([C@]2(CO)O[C@](F)(COP(=O)(OCOC(=O)C(C)(C)C)OCOC(=O)C(C)(C)C)C[C@H]2O)c(=O)[nH]c1=O. The molecule has 17 heteroatoms. The van der Waals surface area contributed by atoms with E-state index in [0.717, 1.165) is 6.20 Å². The average molecular weight is 599 g/mol. The second kappa shape index (κ2) is 12.2. The molecule has 228 valence electrons. The van der Waals surface area contributed by atoms with Crippen LogP contribution in [0.25, 0.3) is 0 Å². The molecule has 0 amide bonds. The van der Waals surface area contributed by atoms with E-state index in [1.165, 1.54) is 6.92 Å². The van der Waals surface area contributed by atoms with Crippen LogP contribution in [0.2, 0.25) is 0 Å². The number of aryl methyl sites for hydroxylation is 1. The van der Waals surface area contributed by atoms with Crippen molar-refractivity contribution in [1.29, 1.82) is 0 Å². The first-order valence-corrected chi connectivity index (χ1v) is 13.5. The Labute approximate surface area is 229 Å². The first kappa shape index (κ1) is 33.7. The van der Waals surface area contributed by atoms with Crippen LogP contribution in [0.5, 0.6) is 0 Å². The summed E-state index contributed by atoms with van der Waals surface area (Å²) in [5.74, 6) is -4.47. The molecule has 1 saturated heterocycles. The van der Waals surface area contributed by atoms with Crippen LogP contribution in [0.4, 0.5) is 4.39 Å². The summed E-state index contributed by atoms with van der Waals surface area (Å²) < 4.78 is 59.6. The molecule has 0 saturated carbocycles. The Morgan fingerprint density at radius 1 is 1.10 bits per heavy atom. The molecule has 1 aliphatic rings. The number of ether oxygens (including phenoxy) is 3. The Hall–Kier alpha value is -2.46. The van der Waals surface area contributed by atoms with Crippen LogP contribution >= 0.6 is 7.82 Å². The van der Waals surface area contributed by atoms with E-state index < -0.39 is 92.7 Å². The van der Waals surface area contributed by atoms with E-state index in [0.29, 0.717) is 4.57 Å². The normalized spacial score (nSPS) is 23.7. The van der Waals surface area contributed by atoms with Crippen LogP contribution in [0.3, 0.4) is 0 Å². The topological polar surface area (TPSA) is 202 Å². The lowest BCUT2D eigenvalue weighted by Crippen LogP contribution is -2.53. The first-order valence-electron chi connectivity index (χ1n) is 12.1. The highest BCUT2D eigenvalue weighted by molar-refractivity contribution is 7.48. The van der Waals surface area contributed by atoms with Crippen molar-refractivity contribution in [3.63, 3.8) is 0 Å². The standard InChI is InChI=1S/C23H36FN2O13P/c1-14-9-26(19(32)25-16(14)29)23(10-27)15(28)8-22(24,39-23)11-36-40(33,37-12-34-17(30)20(2,3)4)38-13-35-18(31)21(5,6)7/h9,15,27-28H,8,10-13H2,1-7H3,(H,25,29,32)/t15-,22+,23-/m1/s1. The molecule has 2 rings (SSSR count). The molecule has 15 nitrogen and oxygen atoms in total. The molecular weight excluding hydrogens is 562 g/mol. The van der Waals surface area contributed by atoms with Crippen LogP contribution < -0.4 is 11.2 Å². The van der Waals surface area contributed by atoms with Gasteiger partial charge in [0.1, 0.15) is 12.7 Å². The fourth-order valence-corrected chi connectivity index (χ4v) is 4.18. The molecule has 1 aromatic heterocycles. The van der Waals surface area contributed by atoms with Gasteiger partial charge >= 0.3 is 25.5 Å². The molecular formula is C23H36FN2O13P. The number of phosphoric acid groups is 1. The summed E-state index contributed by atoms with van der Waals surface area (Å²) in [6.45, 7) is 6.36. The molecule has 0 radical (unpaired) electrons. The lowest BCUT2D eigenvalue weighted by atomic mass is 9.98. The van der Waals surface area contributed by atoms with E-state index in [4.69, 9.17) is 27.8 Å². The molecule has 40 heavy (non-hydrogen) atoms. The van der Waals surface area contributed by atoms with Gasteiger partial charge in [0.25, 0.3) is 5.56 Å². The van der Waals surface area contributed by atoms with Gasteiger partial charge in [-0.3, -0.25) is 28.5 Å². The van der Waals surface area contributed by atoms with Crippen molar-refractivity contribution < 1.29 is 56.5 Å². The predicted octanol–water partition coefficient (Wildman–Crippen LogP) is 1.19. The van der Waals surface area contributed by atoms with Crippen LogP contribution in [0.1, 0.15) is 53.5 Å². The number of nitrogens with zero attached hydrogens (tertiary/aromatic N) is 1. The average Bonchev–Trinajstić information content (AvgIpc) is 3.09. The van der Waals surface area contributed by atoms with Gasteiger partial charge in [-0.15, -0.1) is 0 Å². The summed E-state index contributed by atoms with van der Waals surface area (Å²) >= 11 is 0. The number of aromatic amines is 1. The number of H-pyrrole nitrogens is 1. The van der Waals surface area contributed by atoms with E-state index in [1.54, 1.807) is 41.5 Å². The van der Waals surface area contributed by atoms with Gasteiger partial charge in [-0.2, -0.15) is 0 Å². The Kier molecular flexibility index (Phi) is 10.3. The van der Waals surface area contributed by atoms with Gasteiger partial charge in [0, 0.05) is 18.2 Å². The number of rotatable bonds is 11. The predicted molar refractivity (Wildman–Crippen MR) is 133 cm³/mol. The number of aliphatic hydroxyl groups is 2. The number of phosphoric ester groups is 1. The molecule has 0 spiro atoms. The first-order chi connectivity index (χ1) is 18.2. The Bertz CT molecular complexity index is 1210. The third kappa shape index (κ3) is 8.06. The Morgan fingerprint density at radius 3 is 2.05 bits per heavy atom. The highest BCUT2D eigenvalue weighted by Gasteiger charge is 2.59. The van der Waals surface area contributed by atoms with E-state index in [9.17, 15) is 34.0 Å². The van der Waals surface area contributed by atoms with Gasteiger partial charge in [0.15, 0.2) is 0 Å². The zero-order valence-corrected chi connectivity index (χ0v) is 24.2. The second-order valence-electron chi connectivity index (χ2n) is 11.2. The number of nitrogens with one attached hydrogen (secondary N) is 1. The van der Waals surface area contributed by atoms with Crippen molar-refractivity contribution in [3.05, 3.63) is 32.6 Å². The summed E-state index contributed by atoms with van der Waals surface area (Å²) in [7, 11) is -4.83. The monoisotopic (exact) mass is 598 g/mol. The fourth-order valence-electron chi connectivity index (χ4n) is 3.24. The van der Waals surface area contributed by atoms with Gasteiger partial charge in [-0.25, -0.2) is 22.8 Å². The van der Waals surface area contributed by atoms with Crippen molar-refractivity contribution >= 4 is 19.8 Å². The largest absolute Gasteiger partial charge is 0.480 e. The molecule has 0 unspecified atom stereocenters. The molecule has 1 aliphatic heterocycles. The molecule has 1 aromatic rings. The van der Waals surface area contributed by atoms with Crippen LogP contribution in [-0.2, 0) is 47.7 Å². The number of esters is 2. The summed E-state index contributed by atoms with van der Waals surface area (Å²) in [6.07, 6.45) is -1.77. The third-order valence-electron chi connectivity index (χ3n) is 5.60. The smallest absolute Gasteiger partial charge is 0.437 e. The number of hydrogen-bond acceptors (Lipinski definition) is 13. The maximum absolute atomic E-state index is 15.8. The number of halogens is 1. The van der Waals surface area contributed by atoms with Crippen molar-refractivity contribution in [3.8, 4) is 0 Å². The number of aromatic nitrogens is 2. The van der Waals surface area contributed by atoms with Gasteiger partial charge < -0.3 is 24.4 Å². The zero-order valence-electron chi connectivity index (χ0n) is 23.3. The van der Waals surface area contributed by atoms with Gasteiger partial charge in [0.2, 0.25) is 25.2 Å². The zero-order chi connectivity index (χ0) is 30.7. The summed E-state index contributed by atoms with van der Waals surface area (Å²) in [4.78, 5) is 50.1. The highest BCUT2D eigenvalue weighted by atomic mass is 31.2. The van der Waals surface area contributed by atoms with E-state index in [-0.39, 0.29) is 5.56 Å². The van der Waals surface area contributed by atoms with Gasteiger partial charge in [0.05, 0.1) is 17.4 Å². The molecule has 0 aliphatic carbocycles. The second-order valence-corrected chi connectivity index (χ2v) is 12.9. The minimum absolute atomic E-state index is 0.00302. The number of carbonyl (C=O) groups is 2. The summed E-state index contributed by atoms with van der Waals surface area (Å²) in [6, 6.07) is 0. The minimum atomic E-state index is -4.83. The summed E-state index contributed by atoms with van der Waals surface area (Å²) in [5.41, 5.74) is -6.13. The third-order valence-corrected chi connectivity index (χ3v) is 6.89. The van der Waals surface area contributed by atoms with Crippen molar-refractivity contribution in [2.75, 3.05) is 26.8 Å². The lowest BCUT2D eigenvalue weighted by molar-refractivity contribution is -0.247. The van der Waals surface area contributed by atoms with Crippen LogP contribution in [-0.4, -0.2) is 70.5 Å². The summed E-state index contributed by atoms with van der Waals surface area (Å²) in [5, 5.41) is 20.6. The van der Waals surface area contributed by atoms with E-state index in [2.05, 4.69) is 0 Å². The van der Waals surface area contributed by atoms with Gasteiger partial charge in [-0.1, -0.05) is 0 Å². The number of aliphatic hydroxyl groups excluding tert-OH is 2. The van der Waals surface area contributed by atoms with Crippen LogP contribution in [0.15, 0.2) is 15.8 Å². The Morgan fingerprint density at radius 2 is 1.60 bits per heavy atom. The Balaban J connectivity index is 2.24. The molecule has 0 aromatic carbocycles. The molecule has 1 fully saturated rings. The lowest BCUT2D eigenvalue weighted by Gasteiger charge is -2.32. The number of carbonyl (C=O) groups excluding carboxylic acids is 2. The van der Waals surface area contributed by atoms with Crippen LogP contribution in [0, 0.1) is 17.8 Å². The molecule has 3 N–H and O–H groups in total. The number of hydrogen-bond donors (Lipinski definition) is 3. The van der Waals surface area contributed by atoms with E-state index in [1.807, 2.05) is 4.98 Å². The molecule has 3 atom stereocenters. The molecule has 0 bridgehead atoms. The quantitative estimate of drug-likeness (QED) is 0.186. The van der Waals surface area contributed by atoms with Crippen molar-refractivity contribution in [1.82, 2.24) is 9.55 Å². The maximum Gasteiger partial charge on any atom is 0.480 e. The number of alkyl halides is 1.